The largest absolute Gasteiger partial charge is 0.373 e. The van der Waals surface area contributed by atoms with E-state index >= 15 is 0 Å². The molecule has 2 aromatic rings. The molecule has 1 aliphatic heterocycles. The molecule has 27 heavy (non-hydrogen) atoms. The molecule has 0 radical (unpaired) electrons. The number of nitrogens with one attached hydrogen (secondary N) is 1. The molecule has 0 bridgehead atoms. The van der Waals surface area contributed by atoms with Gasteiger partial charge in [0, 0.05) is 24.8 Å². The second-order valence-corrected chi connectivity index (χ2v) is 8.55. The number of sulfonamides is 1. The second-order valence-electron chi connectivity index (χ2n) is 6.61. The van der Waals surface area contributed by atoms with Crippen molar-refractivity contribution in [1.82, 2.24) is 14.6 Å². The Bertz CT molecular complexity index is 892. The highest BCUT2D eigenvalue weighted by molar-refractivity contribution is 7.89. The number of aromatic nitrogens is 1. The first-order valence-electron chi connectivity index (χ1n) is 8.80. The lowest BCUT2D eigenvalue weighted by Crippen LogP contribution is -2.48. The number of nitrogens with zero attached hydrogens (tertiary/aromatic N) is 2. The Balaban J connectivity index is 1.75. The first-order valence-corrected chi connectivity index (χ1v) is 10.2. The first kappa shape index (κ1) is 19.5. The lowest BCUT2D eigenvalue weighted by Gasteiger charge is -2.34. The number of ether oxygens (including phenoxy) is 1. The quantitative estimate of drug-likeness (QED) is 0.843. The van der Waals surface area contributed by atoms with Crippen LogP contribution in [0.25, 0.3) is 0 Å². The van der Waals surface area contributed by atoms with E-state index < -0.39 is 10.0 Å². The third kappa shape index (κ3) is 4.71. The fraction of sp³-hybridized carbons (Fsp3) is 0.368. The summed E-state index contributed by atoms with van der Waals surface area (Å²) >= 11 is 0. The molecule has 1 amide bonds. The summed E-state index contributed by atoms with van der Waals surface area (Å²) in [5, 5.41) is 2.76. The van der Waals surface area contributed by atoms with Crippen molar-refractivity contribution in [2.24, 2.45) is 0 Å². The summed E-state index contributed by atoms with van der Waals surface area (Å²) in [7, 11) is -3.69. The molecule has 0 aliphatic carbocycles. The Hall–Kier alpha value is -2.29. The van der Waals surface area contributed by atoms with Gasteiger partial charge in [0.2, 0.25) is 10.0 Å². The summed E-state index contributed by atoms with van der Waals surface area (Å²) < 4.78 is 32.9. The number of carbonyl (C=O) groups is 1. The van der Waals surface area contributed by atoms with E-state index in [0.717, 1.165) is 5.69 Å². The average Bonchev–Trinajstić information content (AvgIpc) is 2.66. The van der Waals surface area contributed by atoms with Gasteiger partial charge in [0.05, 0.1) is 29.3 Å². The number of hydrogen-bond acceptors (Lipinski definition) is 5. The van der Waals surface area contributed by atoms with E-state index in [9.17, 15) is 13.2 Å². The first-order chi connectivity index (χ1) is 12.9. The van der Waals surface area contributed by atoms with E-state index in [1.54, 1.807) is 24.4 Å². The zero-order valence-corrected chi connectivity index (χ0v) is 16.1. The lowest BCUT2D eigenvalue weighted by atomic mass is 10.2. The minimum absolute atomic E-state index is 0.106. The van der Waals surface area contributed by atoms with Gasteiger partial charge in [0.25, 0.3) is 5.91 Å². The average molecular weight is 389 g/mol. The molecule has 1 aliphatic rings. The Kier molecular flexibility index (Phi) is 5.88. The van der Waals surface area contributed by atoms with Crippen molar-refractivity contribution in [1.29, 1.82) is 0 Å². The number of pyridine rings is 1. The van der Waals surface area contributed by atoms with E-state index in [2.05, 4.69) is 10.3 Å². The Morgan fingerprint density at radius 1 is 1.19 bits per heavy atom. The Morgan fingerprint density at radius 2 is 1.93 bits per heavy atom. The summed E-state index contributed by atoms with van der Waals surface area (Å²) in [4.78, 5) is 16.7. The van der Waals surface area contributed by atoms with Crippen LogP contribution in [-0.2, 0) is 21.3 Å². The van der Waals surface area contributed by atoms with E-state index in [0.29, 0.717) is 18.7 Å². The van der Waals surface area contributed by atoms with Crippen molar-refractivity contribution in [2.75, 3.05) is 13.1 Å². The van der Waals surface area contributed by atoms with Crippen LogP contribution in [0.1, 0.15) is 29.9 Å². The van der Waals surface area contributed by atoms with Gasteiger partial charge in [-0.05, 0) is 44.2 Å². The molecule has 0 spiro atoms. The van der Waals surface area contributed by atoms with Gasteiger partial charge in [-0.1, -0.05) is 12.1 Å². The van der Waals surface area contributed by atoms with Gasteiger partial charge in [0.1, 0.15) is 0 Å². The van der Waals surface area contributed by atoms with Gasteiger partial charge in [-0.25, -0.2) is 8.42 Å². The van der Waals surface area contributed by atoms with Crippen molar-refractivity contribution < 1.29 is 17.9 Å². The van der Waals surface area contributed by atoms with Crippen molar-refractivity contribution in [3.8, 4) is 0 Å². The number of benzene rings is 1. The highest BCUT2D eigenvalue weighted by Crippen LogP contribution is 2.22. The topological polar surface area (TPSA) is 88.6 Å². The smallest absolute Gasteiger partial charge is 0.251 e. The zero-order chi connectivity index (χ0) is 19.4. The van der Waals surface area contributed by atoms with Crippen molar-refractivity contribution >= 4 is 15.9 Å². The number of morpholine rings is 1. The predicted octanol–water partition coefficient (Wildman–Crippen LogP) is 1.81. The molecule has 1 N–H and O–H groups in total. The van der Waals surface area contributed by atoms with Gasteiger partial charge < -0.3 is 10.1 Å². The molecule has 2 atom stereocenters. The van der Waals surface area contributed by atoms with Crippen LogP contribution in [-0.4, -0.2) is 48.9 Å². The molecule has 7 nitrogen and oxygen atoms in total. The van der Waals surface area contributed by atoms with Crippen molar-refractivity contribution in [2.45, 2.75) is 37.5 Å². The molecule has 144 valence electrons. The number of rotatable bonds is 5. The summed E-state index contributed by atoms with van der Waals surface area (Å²) in [5.74, 6) is -0.346. The monoisotopic (exact) mass is 389 g/mol. The number of hydrogen-bond donors (Lipinski definition) is 1. The van der Waals surface area contributed by atoms with Crippen LogP contribution < -0.4 is 5.32 Å². The summed E-state index contributed by atoms with van der Waals surface area (Å²) in [6.45, 7) is 4.56. The molecule has 1 aromatic carbocycles. The molecule has 0 unspecified atom stereocenters. The normalized spacial score (nSPS) is 21.0. The number of amides is 1. The standard InChI is InChI=1S/C19H23N3O4S/c1-14-12-22(13-15(2)26-14)27(24,25)18-8-5-6-16(10-18)19(23)21-11-17-7-3-4-9-20-17/h3-10,14-15H,11-13H2,1-2H3,(H,21,23)/t14-,15+. The fourth-order valence-corrected chi connectivity index (χ4v) is 4.69. The molecule has 8 heteroatoms. The molecule has 1 saturated heterocycles. The second kappa shape index (κ2) is 8.16. The van der Waals surface area contributed by atoms with Crippen LogP contribution in [0.15, 0.2) is 53.6 Å². The fourth-order valence-electron chi connectivity index (χ4n) is 3.05. The van der Waals surface area contributed by atoms with Crippen LogP contribution in [0.5, 0.6) is 0 Å². The van der Waals surface area contributed by atoms with Gasteiger partial charge >= 0.3 is 0 Å². The zero-order valence-electron chi connectivity index (χ0n) is 15.3. The third-order valence-corrected chi connectivity index (χ3v) is 6.10. The molecule has 3 rings (SSSR count). The molecule has 2 heterocycles. The van der Waals surface area contributed by atoms with Crippen molar-refractivity contribution in [3.63, 3.8) is 0 Å². The minimum Gasteiger partial charge on any atom is -0.373 e. The minimum atomic E-state index is -3.69. The third-order valence-electron chi connectivity index (χ3n) is 4.28. The van der Waals surface area contributed by atoms with Crippen LogP contribution in [0.4, 0.5) is 0 Å². The molecule has 1 aromatic heterocycles. The Morgan fingerprint density at radius 3 is 2.59 bits per heavy atom. The lowest BCUT2D eigenvalue weighted by molar-refractivity contribution is -0.0440. The predicted molar refractivity (Wildman–Crippen MR) is 101 cm³/mol. The van der Waals surface area contributed by atoms with Gasteiger partial charge in [-0.15, -0.1) is 0 Å². The maximum atomic E-state index is 13.0. The highest BCUT2D eigenvalue weighted by atomic mass is 32.2. The van der Waals surface area contributed by atoms with Gasteiger partial charge in [-0.2, -0.15) is 4.31 Å². The van der Waals surface area contributed by atoms with E-state index in [1.807, 2.05) is 26.0 Å². The molecular weight excluding hydrogens is 366 g/mol. The molecule has 0 saturated carbocycles. The van der Waals surface area contributed by atoms with Crippen molar-refractivity contribution in [3.05, 3.63) is 59.9 Å². The van der Waals surface area contributed by atoms with Crippen LogP contribution in [0, 0.1) is 0 Å². The number of carbonyl (C=O) groups excluding carboxylic acids is 1. The van der Waals surface area contributed by atoms with E-state index in [1.165, 1.54) is 16.4 Å². The van der Waals surface area contributed by atoms with Crippen LogP contribution >= 0.6 is 0 Å². The van der Waals surface area contributed by atoms with Gasteiger partial charge in [0.15, 0.2) is 0 Å². The molecular formula is C19H23N3O4S. The summed E-state index contributed by atoms with van der Waals surface area (Å²) in [6.07, 6.45) is 1.31. The summed E-state index contributed by atoms with van der Waals surface area (Å²) in [5.41, 5.74) is 1.02. The maximum absolute atomic E-state index is 13.0. The van der Waals surface area contributed by atoms with E-state index in [-0.39, 0.29) is 29.6 Å². The Labute approximate surface area is 159 Å². The summed E-state index contributed by atoms with van der Waals surface area (Å²) in [6, 6.07) is 11.5. The SMILES string of the molecule is C[C@@H]1CN(S(=O)(=O)c2cccc(C(=O)NCc3ccccn3)c2)C[C@H](C)O1. The van der Waals surface area contributed by atoms with Crippen LogP contribution in [0.2, 0.25) is 0 Å². The van der Waals surface area contributed by atoms with Crippen LogP contribution in [0.3, 0.4) is 0 Å². The van der Waals surface area contributed by atoms with E-state index in [4.69, 9.17) is 4.74 Å². The maximum Gasteiger partial charge on any atom is 0.251 e. The highest BCUT2D eigenvalue weighted by Gasteiger charge is 2.32. The van der Waals surface area contributed by atoms with Gasteiger partial charge in [-0.3, -0.25) is 9.78 Å². The molecule has 1 fully saturated rings.